The molecule has 1 fully saturated rings. The molecular formula is C25H32N2S. The number of aromatic nitrogens is 1. The van der Waals surface area contributed by atoms with E-state index < -0.39 is 0 Å². The van der Waals surface area contributed by atoms with Gasteiger partial charge in [0, 0.05) is 29.6 Å². The van der Waals surface area contributed by atoms with Crippen molar-refractivity contribution >= 4 is 22.1 Å². The van der Waals surface area contributed by atoms with Crippen LogP contribution in [0.15, 0.2) is 52.8 Å². The molecule has 4 rings (SSSR count). The van der Waals surface area contributed by atoms with Crippen molar-refractivity contribution in [3.05, 3.63) is 63.9 Å². The van der Waals surface area contributed by atoms with Gasteiger partial charge in [0.05, 0.1) is 0 Å². The Balaban J connectivity index is 1.83. The molecule has 1 aromatic heterocycles. The highest BCUT2D eigenvalue weighted by molar-refractivity contribution is 7.07. The second-order valence-electron chi connectivity index (χ2n) is 9.14. The maximum absolute atomic E-state index is 4.98. The first-order chi connectivity index (χ1) is 13.5. The Kier molecular flexibility index (Phi) is 5.46. The quantitative estimate of drug-likeness (QED) is 0.463. The Hall–Kier alpha value is -1.87. The average molecular weight is 393 g/mol. The average Bonchev–Trinajstić information content (AvgIpc) is 3.01. The zero-order chi connectivity index (χ0) is 19.7. The van der Waals surface area contributed by atoms with Crippen LogP contribution in [0.5, 0.6) is 0 Å². The van der Waals surface area contributed by atoms with E-state index in [9.17, 15) is 0 Å². The minimum atomic E-state index is 0.154. The van der Waals surface area contributed by atoms with E-state index in [-0.39, 0.29) is 5.41 Å². The molecule has 3 heteroatoms. The highest BCUT2D eigenvalue weighted by Gasteiger charge is 2.43. The summed E-state index contributed by atoms with van der Waals surface area (Å²) in [5.74, 6) is 1.20. The first kappa shape index (κ1) is 19.4. The third kappa shape index (κ3) is 3.57. The lowest BCUT2D eigenvalue weighted by Gasteiger charge is -2.43. The molecule has 0 atom stereocenters. The summed E-state index contributed by atoms with van der Waals surface area (Å²) < 4.78 is 2.53. The van der Waals surface area contributed by atoms with Crippen LogP contribution in [0.3, 0.4) is 0 Å². The van der Waals surface area contributed by atoms with E-state index >= 15 is 0 Å². The summed E-state index contributed by atoms with van der Waals surface area (Å²) in [6, 6.07) is 15.8. The molecule has 0 aliphatic heterocycles. The normalized spacial score (nSPS) is 16.9. The molecular weight excluding hydrogens is 360 g/mol. The SMILES string of the molecule is CC(C)C/N=c1\scc(C2(c3ccc4ccccc4c3)CCC2)n1CC(C)C. The Bertz CT molecular complexity index is 1020. The fourth-order valence-corrected chi connectivity index (χ4v) is 5.36. The molecule has 148 valence electrons. The number of hydrogen-bond donors (Lipinski definition) is 0. The van der Waals surface area contributed by atoms with Gasteiger partial charge in [-0.25, -0.2) is 0 Å². The van der Waals surface area contributed by atoms with Crippen LogP contribution >= 0.6 is 11.3 Å². The Labute approximate surface area is 173 Å². The molecule has 0 radical (unpaired) electrons. The minimum Gasteiger partial charge on any atom is -0.320 e. The van der Waals surface area contributed by atoms with E-state index in [4.69, 9.17) is 4.99 Å². The number of thiazole rings is 1. The van der Waals surface area contributed by atoms with Crippen LogP contribution in [0.25, 0.3) is 10.8 Å². The number of rotatable bonds is 6. The van der Waals surface area contributed by atoms with Gasteiger partial charge in [-0.2, -0.15) is 0 Å². The fraction of sp³-hybridized carbons (Fsp3) is 0.480. The molecule has 0 unspecified atom stereocenters. The molecule has 0 spiro atoms. The predicted octanol–water partition coefficient (Wildman–Crippen LogP) is 6.39. The van der Waals surface area contributed by atoms with Gasteiger partial charge in [0.15, 0.2) is 4.80 Å². The van der Waals surface area contributed by atoms with Gasteiger partial charge in [-0.1, -0.05) is 76.6 Å². The van der Waals surface area contributed by atoms with Gasteiger partial charge < -0.3 is 4.57 Å². The molecule has 28 heavy (non-hydrogen) atoms. The second-order valence-corrected chi connectivity index (χ2v) is 9.98. The molecule has 0 saturated heterocycles. The van der Waals surface area contributed by atoms with Crippen molar-refractivity contribution in [1.82, 2.24) is 4.57 Å². The van der Waals surface area contributed by atoms with Gasteiger partial charge in [0.25, 0.3) is 0 Å². The standard InChI is InChI=1S/C25H32N2S/c1-18(2)15-26-24-27(16-19(3)4)23(17-28-24)25(12-7-13-25)22-11-10-20-8-5-6-9-21(20)14-22/h5-6,8-11,14,17-19H,7,12-13,15-16H2,1-4H3/b26-24-. The summed E-state index contributed by atoms with van der Waals surface area (Å²) in [5, 5.41) is 5.07. The molecule has 0 amide bonds. The van der Waals surface area contributed by atoms with Crippen molar-refractivity contribution in [2.75, 3.05) is 6.54 Å². The van der Waals surface area contributed by atoms with E-state index in [1.807, 2.05) is 11.3 Å². The van der Waals surface area contributed by atoms with Gasteiger partial charge in [-0.05, 0) is 41.0 Å². The van der Waals surface area contributed by atoms with Crippen molar-refractivity contribution in [3.63, 3.8) is 0 Å². The molecule has 2 aromatic carbocycles. The van der Waals surface area contributed by atoms with E-state index in [0.717, 1.165) is 13.1 Å². The van der Waals surface area contributed by atoms with E-state index in [0.29, 0.717) is 11.8 Å². The van der Waals surface area contributed by atoms with Gasteiger partial charge in [-0.15, -0.1) is 11.3 Å². The van der Waals surface area contributed by atoms with Crippen molar-refractivity contribution in [1.29, 1.82) is 0 Å². The summed E-state index contributed by atoms with van der Waals surface area (Å²) in [4.78, 5) is 6.17. The monoisotopic (exact) mass is 392 g/mol. The van der Waals surface area contributed by atoms with Crippen LogP contribution < -0.4 is 4.80 Å². The summed E-state index contributed by atoms with van der Waals surface area (Å²) >= 11 is 1.83. The molecule has 1 aliphatic carbocycles. The number of benzene rings is 2. The van der Waals surface area contributed by atoms with Crippen LogP contribution in [0.2, 0.25) is 0 Å². The van der Waals surface area contributed by atoms with Crippen molar-refractivity contribution in [2.45, 2.75) is 58.9 Å². The molecule has 0 N–H and O–H groups in total. The minimum absolute atomic E-state index is 0.154. The lowest BCUT2D eigenvalue weighted by atomic mass is 9.62. The summed E-state index contributed by atoms with van der Waals surface area (Å²) in [6.45, 7) is 11.1. The van der Waals surface area contributed by atoms with Crippen LogP contribution in [0.4, 0.5) is 0 Å². The maximum Gasteiger partial charge on any atom is 0.184 e. The van der Waals surface area contributed by atoms with E-state index in [2.05, 4.69) is 80.1 Å². The molecule has 0 bridgehead atoms. The first-order valence-electron chi connectivity index (χ1n) is 10.7. The summed E-state index contributed by atoms with van der Waals surface area (Å²) in [5.41, 5.74) is 3.11. The number of nitrogens with zero attached hydrogens (tertiary/aromatic N) is 2. The highest BCUT2D eigenvalue weighted by Crippen LogP contribution is 2.49. The summed E-state index contributed by atoms with van der Waals surface area (Å²) in [7, 11) is 0. The largest absolute Gasteiger partial charge is 0.320 e. The van der Waals surface area contributed by atoms with Gasteiger partial charge in [0.1, 0.15) is 0 Å². The number of hydrogen-bond acceptors (Lipinski definition) is 2. The van der Waals surface area contributed by atoms with Crippen molar-refractivity contribution in [3.8, 4) is 0 Å². The predicted molar refractivity (Wildman–Crippen MR) is 121 cm³/mol. The van der Waals surface area contributed by atoms with Crippen LogP contribution in [-0.4, -0.2) is 11.1 Å². The zero-order valence-electron chi connectivity index (χ0n) is 17.6. The first-order valence-corrected chi connectivity index (χ1v) is 11.6. The summed E-state index contributed by atoms with van der Waals surface area (Å²) in [6.07, 6.45) is 3.79. The van der Waals surface area contributed by atoms with Crippen LogP contribution in [0.1, 0.15) is 58.2 Å². The lowest BCUT2D eigenvalue weighted by Crippen LogP contribution is -2.39. The highest BCUT2D eigenvalue weighted by atomic mass is 32.1. The Morgan fingerprint density at radius 1 is 1.00 bits per heavy atom. The van der Waals surface area contributed by atoms with Crippen molar-refractivity contribution < 1.29 is 0 Å². The smallest absolute Gasteiger partial charge is 0.184 e. The number of fused-ring (bicyclic) bond motifs is 1. The fourth-order valence-electron chi connectivity index (χ4n) is 4.34. The third-order valence-electron chi connectivity index (χ3n) is 5.94. The maximum atomic E-state index is 4.98. The van der Waals surface area contributed by atoms with E-state index in [1.165, 1.54) is 46.1 Å². The lowest BCUT2D eigenvalue weighted by molar-refractivity contribution is 0.278. The third-order valence-corrected chi connectivity index (χ3v) is 6.84. The van der Waals surface area contributed by atoms with Gasteiger partial charge in [-0.3, -0.25) is 4.99 Å². The topological polar surface area (TPSA) is 17.3 Å². The van der Waals surface area contributed by atoms with Crippen LogP contribution in [-0.2, 0) is 12.0 Å². The molecule has 1 heterocycles. The molecule has 1 saturated carbocycles. The molecule has 2 nitrogen and oxygen atoms in total. The molecule has 3 aromatic rings. The van der Waals surface area contributed by atoms with E-state index in [1.54, 1.807) is 0 Å². The van der Waals surface area contributed by atoms with Gasteiger partial charge in [0.2, 0.25) is 0 Å². The zero-order valence-corrected chi connectivity index (χ0v) is 18.4. The Morgan fingerprint density at radius 2 is 1.75 bits per heavy atom. The van der Waals surface area contributed by atoms with Crippen molar-refractivity contribution in [2.24, 2.45) is 16.8 Å². The van der Waals surface area contributed by atoms with Gasteiger partial charge >= 0.3 is 0 Å². The second kappa shape index (κ2) is 7.87. The molecule has 1 aliphatic rings. The Morgan fingerprint density at radius 3 is 2.39 bits per heavy atom. The van der Waals surface area contributed by atoms with Crippen LogP contribution in [0, 0.1) is 11.8 Å².